The van der Waals surface area contributed by atoms with Crippen molar-refractivity contribution in [2.24, 2.45) is 0 Å². The first kappa shape index (κ1) is 13.9. The quantitative estimate of drug-likeness (QED) is 0.741. The van der Waals surface area contributed by atoms with Gasteiger partial charge in [-0.15, -0.1) is 0 Å². The second-order valence-electron chi connectivity index (χ2n) is 4.53. The second-order valence-corrected chi connectivity index (χ2v) is 4.53. The summed E-state index contributed by atoms with van der Waals surface area (Å²) in [5, 5.41) is 4.59. The highest BCUT2D eigenvalue weighted by Crippen LogP contribution is 2.21. The van der Waals surface area contributed by atoms with Gasteiger partial charge in [0, 0.05) is 37.3 Å². The SMILES string of the molecule is COCCNCCCn1ccc2cc(OC)ccc21. The minimum Gasteiger partial charge on any atom is -0.497 e. The zero-order valence-electron chi connectivity index (χ0n) is 11.7. The molecular weight excluding hydrogens is 240 g/mol. The van der Waals surface area contributed by atoms with Gasteiger partial charge in [-0.25, -0.2) is 0 Å². The molecule has 0 aliphatic heterocycles. The number of nitrogens with zero attached hydrogens (tertiary/aromatic N) is 1. The van der Waals surface area contributed by atoms with E-state index in [9.17, 15) is 0 Å². The number of aryl methyl sites for hydroxylation is 1. The smallest absolute Gasteiger partial charge is 0.119 e. The molecule has 0 spiro atoms. The summed E-state index contributed by atoms with van der Waals surface area (Å²) in [5.41, 5.74) is 1.26. The van der Waals surface area contributed by atoms with E-state index in [1.807, 2.05) is 6.07 Å². The Balaban J connectivity index is 1.87. The van der Waals surface area contributed by atoms with E-state index >= 15 is 0 Å². The molecule has 0 unspecified atom stereocenters. The summed E-state index contributed by atoms with van der Waals surface area (Å²) in [6.07, 6.45) is 3.25. The van der Waals surface area contributed by atoms with Gasteiger partial charge in [-0.1, -0.05) is 0 Å². The van der Waals surface area contributed by atoms with E-state index in [-0.39, 0.29) is 0 Å². The van der Waals surface area contributed by atoms with E-state index in [0.717, 1.165) is 38.4 Å². The highest BCUT2D eigenvalue weighted by Gasteiger charge is 2.02. The topological polar surface area (TPSA) is 35.4 Å². The van der Waals surface area contributed by atoms with Crippen LogP contribution in [0.4, 0.5) is 0 Å². The molecule has 1 aromatic heterocycles. The van der Waals surface area contributed by atoms with Crippen LogP contribution in [0.3, 0.4) is 0 Å². The van der Waals surface area contributed by atoms with Gasteiger partial charge in [0.15, 0.2) is 0 Å². The number of methoxy groups -OCH3 is 2. The van der Waals surface area contributed by atoms with Gasteiger partial charge in [0.05, 0.1) is 13.7 Å². The van der Waals surface area contributed by atoms with Crippen molar-refractivity contribution < 1.29 is 9.47 Å². The third kappa shape index (κ3) is 3.72. The van der Waals surface area contributed by atoms with E-state index in [1.165, 1.54) is 10.9 Å². The Labute approximate surface area is 114 Å². The van der Waals surface area contributed by atoms with Crippen LogP contribution in [0.25, 0.3) is 10.9 Å². The molecule has 2 aromatic rings. The molecule has 4 nitrogen and oxygen atoms in total. The van der Waals surface area contributed by atoms with Crippen LogP contribution in [0.15, 0.2) is 30.5 Å². The highest BCUT2D eigenvalue weighted by atomic mass is 16.5. The van der Waals surface area contributed by atoms with Crippen LogP contribution in [0.1, 0.15) is 6.42 Å². The summed E-state index contributed by atoms with van der Waals surface area (Å²) < 4.78 is 12.5. The molecule has 1 heterocycles. The minimum absolute atomic E-state index is 0.770. The lowest BCUT2D eigenvalue weighted by Gasteiger charge is -2.07. The Hall–Kier alpha value is -1.52. The third-order valence-corrected chi connectivity index (χ3v) is 3.21. The number of nitrogens with one attached hydrogen (secondary N) is 1. The van der Waals surface area contributed by atoms with Gasteiger partial charge >= 0.3 is 0 Å². The summed E-state index contributed by atoms with van der Waals surface area (Å²) in [6.45, 7) is 3.72. The van der Waals surface area contributed by atoms with Gasteiger partial charge < -0.3 is 19.4 Å². The molecular formula is C15H22N2O2. The number of ether oxygens (including phenoxy) is 2. The molecule has 0 fully saturated rings. The maximum Gasteiger partial charge on any atom is 0.119 e. The second kappa shape index (κ2) is 7.16. The minimum atomic E-state index is 0.770. The molecule has 0 amide bonds. The maximum absolute atomic E-state index is 5.24. The fourth-order valence-corrected chi connectivity index (χ4v) is 2.17. The number of rotatable bonds is 8. The fourth-order valence-electron chi connectivity index (χ4n) is 2.17. The average Bonchev–Trinajstić information content (AvgIpc) is 2.85. The average molecular weight is 262 g/mol. The lowest BCUT2D eigenvalue weighted by molar-refractivity contribution is 0.199. The standard InChI is InChI=1S/C15H22N2O2/c1-18-11-8-16-7-3-9-17-10-6-13-12-14(19-2)4-5-15(13)17/h4-6,10,12,16H,3,7-9,11H2,1-2H3. The van der Waals surface area contributed by atoms with E-state index in [4.69, 9.17) is 9.47 Å². The van der Waals surface area contributed by atoms with Crippen LogP contribution >= 0.6 is 0 Å². The monoisotopic (exact) mass is 262 g/mol. The van der Waals surface area contributed by atoms with Crippen molar-refractivity contribution >= 4 is 10.9 Å². The first-order chi connectivity index (χ1) is 9.35. The van der Waals surface area contributed by atoms with Gasteiger partial charge in [0.1, 0.15) is 5.75 Å². The summed E-state index contributed by atoms with van der Waals surface area (Å²) in [5.74, 6) is 0.909. The van der Waals surface area contributed by atoms with Crippen molar-refractivity contribution in [3.63, 3.8) is 0 Å². The van der Waals surface area contributed by atoms with Crippen LogP contribution in [0, 0.1) is 0 Å². The molecule has 1 aromatic carbocycles. The van der Waals surface area contributed by atoms with Crippen molar-refractivity contribution in [3.05, 3.63) is 30.5 Å². The number of aromatic nitrogens is 1. The number of hydrogen-bond acceptors (Lipinski definition) is 3. The van der Waals surface area contributed by atoms with Crippen LogP contribution in [-0.4, -0.2) is 38.5 Å². The summed E-state index contributed by atoms with van der Waals surface area (Å²) in [7, 11) is 3.42. The lowest BCUT2D eigenvalue weighted by atomic mass is 10.2. The Kier molecular flexibility index (Phi) is 5.24. The van der Waals surface area contributed by atoms with Gasteiger partial charge in [-0.3, -0.25) is 0 Å². The van der Waals surface area contributed by atoms with Crippen LogP contribution in [-0.2, 0) is 11.3 Å². The van der Waals surface area contributed by atoms with Crippen molar-refractivity contribution in [1.29, 1.82) is 0 Å². The highest BCUT2D eigenvalue weighted by molar-refractivity contribution is 5.81. The zero-order valence-corrected chi connectivity index (χ0v) is 11.7. The van der Waals surface area contributed by atoms with Crippen molar-refractivity contribution in [3.8, 4) is 5.75 Å². The molecule has 0 saturated carbocycles. The normalized spacial score (nSPS) is 11.1. The predicted octanol–water partition coefficient (Wildman–Crippen LogP) is 2.28. The molecule has 2 rings (SSSR count). The van der Waals surface area contributed by atoms with Crippen molar-refractivity contribution in [1.82, 2.24) is 9.88 Å². The molecule has 0 aliphatic carbocycles. The van der Waals surface area contributed by atoms with E-state index < -0.39 is 0 Å². The Morgan fingerprint density at radius 1 is 1.16 bits per heavy atom. The predicted molar refractivity (Wildman–Crippen MR) is 77.9 cm³/mol. The van der Waals surface area contributed by atoms with Crippen LogP contribution < -0.4 is 10.1 Å². The molecule has 0 aliphatic rings. The largest absolute Gasteiger partial charge is 0.497 e. The van der Waals surface area contributed by atoms with E-state index in [2.05, 4.69) is 34.3 Å². The molecule has 0 radical (unpaired) electrons. The number of hydrogen-bond donors (Lipinski definition) is 1. The van der Waals surface area contributed by atoms with Gasteiger partial charge in [-0.05, 0) is 37.2 Å². The molecule has 1 N–H and O–H groups in total. The Morgan fingerprint density at radius 2 is 2.05 bits per heavy atom. The first-order valence-corrected chi connectivity index (χ1v) is 6.67. The molecule has 0 saturated heterocycles. The number of fused-ring (bicyclic) bond motifs is 1. The fraction of sp³-hybridized carbons (Fsp3) is 0.467. The summed E-state index contributed by atoms with van der Waals surface area (Å²) in [6, 6.07) is 8.33. The molecule has 19 heavy (non-hydrogen) atoms. The van der Waals surface area contributed by atoms with Gasteiger partial charge in [0.25, 0.3) is 0 Å². The van der Waals surface area contributed by atoms with Crippen molar-refractivity contribution in [2.45, 2.75) is 13.0 Å². The van der Waals surface area contributed by atoms with Crippen LogP contribution in [0.5, 0.6) is 5.75 Å². The zero-order chi connectivity index (χ0) is 13.5. The third-order valence-electron chi connectivity index (χ3n) is 3.21. The number of benzene rings is 1. The summed E-state index contributed by atoms with van der Waals surface area (Å²) >= 11 is 0. The van der Waals surface area contributed by atoms with Crippen LogP contribution in [0.2, 0.25) is 0 Å². The van der Waals surface area contributed by atoms with Gasteiger partial charge in [-0.2, -0.15) is 0 Å². The maximum atomic E-state index is 5.24. The van der Waals surface area contributed by atoms with E-state index in [0.29, 0.717) is 0 Å². The molecule has 4 heteroatoms. The Morgan fingerprint density at radius 3 is 2.84 bits per heavy atom. The van der Waals surface area contributed by atoms with Gasteiger partial charge in [0.2, 0.25) is 0 Å². The van der Waals surface area contributed by atoms with Crippen molar-refractivity contribution in [2.75, 3.05) is 33.9 Å². The molecule has 104 valence electrons. The van der Waals surface area contributed by atoms with E-state index in [1.54, 1.807) is 14.2 Å². The summed E-state index contributed by atoms with van der Waals surface area (Å²) in [4.78, 5) is 0. The first-order valence-electron chi connectivity index (χ1n) is 6.67. The Bertz CT molecular complexity index is 508. The molecule has 0 atom stereocenters. The molecule has 0 bridgehead atoms. The lowest BCUT2D eigenvalue weighted by Crippen LogP contribution is -2.21.